The van der Waals surface area contributed by atoms with Gasteiger partial charge >= 0.3 is 0 Å². The van der Waals surface area contributed by atoms with E-state index < -0.39 is 0 Å². The van der Waals surface area contributed by atoms with Crippen molar-refractivity contribution >= 4 is 54.1 Å². The summed E-state index contributed by atoms with van der Waals surface area (Å²) < 4.78 is 4.77. The fourth-order valence-corrected chi connectivity index (χ4v) is 8.06. The van der Waals surface area contributed by atoms with E-state index in [1.165, 1.54) is 87.8 Å². The minimum Gasteiger partial charge on any atom is -0.309 e. The van der Waals surface area contributed by atoms with Crippen LogP contribution in [0.5, 0.6) is 0 Å². The van der Waals surface area contributed by atoms with Gasteiger partial charge in [-0.3, -0.25) is 0 Å². The van der Waals surface area contributed by atoms with E-state index in [1.807, 2.05) is 0 Å². The number of hydrogen-bond acceptors (Lipinski definition) is 0. The largest absolute Gasteiger partial charge is 0.309 e. The molecule has 0 amide bonds. The average Bonchev–Trinajstić information content (AvgIpc) is 3.37. The summed E-state index contributed by atoms with van der Waals surface area (Å²) in [6.07, 6.45) is 3.28. The Kier molecular flexibility index (Phi) is 6.83. The highest BCUT2D eigenvalue weighted by molar-refractivity contribution is 6.13. The summed E-state index contributed by atoms with van der Waals surface area (Å²) in [7, 11) is 2.18. The molecule has 0 unspecified atom stereocenters. The molecule has 0 aliphatic heterocycles. The van der Waals surface area contributed by atoms with Gasteiger partial charge in [0.1, 0.15) is 7.05 Å². The Bertz CT molecular complexity index is 2570. The first-order valence-corrected chi connectivity index (χ1v) is 17.3. The molecule has 0 fully saturated rings. The van der Waals surface area contributed by atoms with E-state index >= 15 is 0 Å². The summed E-state index contributed by atoms with van der Waals surface area (Å²) in [6, 6.07) is 41.2. The highest BCUT2D eigenvalue weighted by atomic mass is 15.0. The molecule has 0 radical (unpaired) electrons. The molecule has 0 saturated heterocycles. The Hall–Kier alpha value is -4.95. The molecule has 6 aromatic carbocycles. The van der Waals surface area contributed by atoms with Crippen LogP contribution in [0.3, 0.4) is 0 Å². The summed E-state index contributed by atoms with van der Waals surface area (Å²) in [5.74, 6) is 0. The quantitative estimate of drug-likeness (QED) is 0.136. The van der Waals surface area contributed by atoms with Crippen LogP contribution in [0.4, 0.5) is 0 Å². The predicted octanol–water partition coefficient (Wildman–Crippen LogP) is 11.9. The minimum absolute atomic E-state index is 0.0224. The number of aromatic nitrogens is 2. The van der Waals surface area contributed by atoms with Crippen molar-refractivity contribution in [3.05, 3.63) is 132 Å². The second-order valence-corrected chi connectivity index (χ2v) is 16.0. The summed E-state index contributed by atoms with van der Waals surface area (Å²) in [5.41, 5.74) is 10.6. The van der Waals surface area contributed by atoms with Crippen molar-refractivity contribution in [2.75, 3.05) is 0 Å². The molecule has 0 N–H and O–H groups in total. The molecule has 0 atom stereocenters. The zero-order valence-corrected chi connectivity index (χ0v) is 29.6. The second kappa shape index (κ2) is 10.8. The molecular weight excluding hydrogens is 581 g/mol. The van der Waals surface area contributed by atoms with Crippen LogP contribution < -0.4 is 4.57 Å². The Morgan fingerprint density at radius 1 is 0.583 bits per heavy atom. The normalized spacial score (nSPS) is 12.7. The third-order valence-corrected chi connectivity index (χ3v) is 10.2. The molecule has 0 aliphatic carbocycles. The molecule has 0 saturated carbocycles. The number of para-hydroxylation sites is 1. The third kappa shape index (κ3) is 4.89. The van der Waals surface area contributed by atoms with E-state index in [2.05, 4.69) is 180 Å². The Morgan fingerprint density at radius 3 is 2.00 bits per heavy atom. The highest BCUT2D eigenvalue weighted by Gasteiger charge is 2.25. The Balaban J connectivity index is 1.35. The molecule has 2 nitrogen and oxygen atoms in total. The average molecular weight is 626 g/mol. The summed E-state index contributed by atoms with van der Waals surface area (Å²) in [5, 5.41) is 10.4. The van der Waals surface area contributed by atoms with E-state index in [0.717, 1.165) is 6.42 Å². The summed E-state index contributed by atoms with van der Waals surface area (Å²) >= 11 is 0. The smallest absolute Gasteiger partial charge is 0.220 e. The van der Waals surface area contributed by atoms with Crippen LogP contribution in [0.25, 0.3) is 71.1 Å². The first-order valence-electron chi connectivity index (χ1n) is 17.3. The molecule has 238 valence electrons. The van der Waals surface area contributed by atoms with E-state index in [4.69, 9.17) is 0 Å². The fourth-order valence-electron chi connectivity index (χ4n) is 8.06. The van der Waals surface area contributed by atoms with Gasteiger partial charge in [-0.25, -0.2) is 4.57 Å². The zero-order valence-electron chi connectivity index (χ0n) is 29.6. The molecule has 48 heavy (non-hydrogen) atoms. The molecule has 8 rings (SSSR count). The van der Waals surface area contributed by atoms with Gasteiger partial charge < -0.3 is 4.57 Å². The van der Waals surface area contributed by atoms with E-state index in [1.54, 1.807) is 0 Å². The maximum absolute atomic E-state index is 2.46. The van der Waals surface area contributed by atoms with Gasteiger partial charge in [0, 0.05) is 27.9 Å². The van der Waals surface area contributed by atoms with E-state index in [9.17, 15) is 0 Å². The van der Waals surface area contributed by atoms with Gasteiger partial charge in [0.2, 0.25) is 5.69 Å². The number of rotatable bonds is 3. The van der Waals surface area contributed by atoms with Crippen molar-refractivity contribution in [2.45, 2.75) is 60.3 Å². The van der Waals surface area contributed by atoms with Crippen molar-refractivity contribution in [2.24, 2.45) is 12.5 Å². The lowest BCUT2D eigenvalue weighted by atomic mass is 9.80. The predicted molar refractivity (Wildman–Crippen MR) is 207 cm³/mol. The van der Waals surface area contributed by atoms with E-state index in [0.29, 0.717) is 0 Å². The van der Waals surface area contributed by atoms with Gasteiger partial charge in [-0.1, -0.05) is 108 Å². The monoisotopic (exact) mass is 625 g/mol. The molecule has 8 aromatic rings. The number of benzene rings is 6. The lowest BCUT2D eigenvalue weighted by molar-refractivity contribution is -0.659. The number of nitrogens with zero attached hydrogens (tertiary/aromatic N) is 2. The summed E-state index contributed by atoms with van der Waals surface area (Å²) in [4.78, 5) is 0. The maximum Gasteiger partial charge on any atom is 0.220 e. The SMILES string of the molecule is Cc1c(-c2c3ccc4cc(-n5c6ccccc6c6ccc(CC(C)(C)C)cc65)ccc4c3cc[n+]2C)cc(C(C)(C)C)c2ccccc12. The number of fused-ring (bicyclic) bond motifs is 7. The molecule has 0 bridgehead atoms. The first kappa shape index (κ1) is 30.4. The Morgan fingerprint density at radius 2 is 1.25 bits per heavy atom. The van der Waals surface area contributed by atoms with Gasteiger partial charge in [-0.2, -0.15) is 0 Å². The third-order valence-electron chi connectivity index (χ3n) is 10.2. The van der Waals surface area contributed by atoms with Crippen LogP contribution in [0.1, 0.15) is 58.2 Å². The lowest BCUT2D eigenvalue weighted by Gasteiger charge is -2.24. The first-order chi connectivity index (χ1) is 22.9. The van der Waals surface area contributed by atoms with Crippen LogP contribution in [0.15, 0.2) is 115 Å². The molecule has 0 aliphatic rings. The van der Waals surface area contributed by atoms with Crippen LogP contribution in [-0.4, -0.2) is 4.57 Å². The van der Waals surface area contributed by atoms with Crippen molar-refractivity contribution in [1.29, 1.82) is 0 Å². The van der Waals surface area contributed by atoms with Crippen LogP contribution >= 0.6 is 0 Å². The van der Waals surface area contributed by atoms with Crippen molar-refractivity contribution in [3.8, 4) is 16.9 Å². The molecule has 2 heteroatoms. The fraction of sp³-hybridized carbons (Fsp3) is 0.239. The Labute approximate surface area is 284 Å². The van der Waals surface area contributed by atoms with Crippen molar-refractivity contribution < 1.29 is 4.57 Å². The van der Waals surface area contributed by atoms with Gasteiger partial charge in [0.05, 0.1) is 22.0 Å². The van der Waals surface area contributed by atoms with E-state index in [-0.39, 0.29) is 10.8 Å². The highest BCUT2D eigenvalue weighted by Crippen LogP contribution is 2.41. The number of hydrogen-bond donors (Lipinski definition) is 0. The molecule has 2 heterocycles. The topological polar surface area (TPSA) is 8.81 Å². The molecular formula is C46H45N2+. The van der Waals surface area contributed by atoms with Crippen LogP contribution in [0, 0.1) is 12.3 Å². The minimum atomic E-state index is 0.0224. The number of aryl methyl sites for hydroxylation is 2. The summed E-state index contributed by atoms with van der Waals surface area (Å²) in [6.45, 7) is 16.2. The van der Waals surface area contributed by atoms with Crippen molar-refractivity contribution in [1.82, 2.24) is 4.57 Å². The lowest BCUT2D eigenvalue weighted by Crippen LogP contribution is -2.31. The number of pyridine rings is 1. The molecule has 2 aromatic heterocycles. The second-order valence-electron chi connectivity index (χ2n) is 16.0. The van der Waals surface area contributed by atoms with Crippen LogP contribution in [0.2, 0.25) is 0 Å². The van der Waals surface area contributed by atoms with Gasteiger partial charge in [-0.15, -0.1) is 0 Å². The van der Waals surface area contributed by atoms with Crippen LogP contribution in [-0.2, 0) is 18.9 Å². The maximum atomic E-state index is 2.46. The van der Waals surface area contributed by atoms with Crippen molar-refractivity contribution in [3.63, 3.8) is 0 Å². The standard InChI is InChI=1S/C46H45N2/c1-29-33-13-9-10-14-36(33)41(46(5,6)7)27-40(29)44-39-21-18-31-26-32(19-22-34(31)35(39)23-24-47(44)8)48-42-16-12-11-15-37(42)38-20-17-30(25-43(38)48)28-45(2,3)4/h9-27H,28H2,1-8H3/q+1. The zero-order chi connectivity index (χ0) is 33.5. The van der Waals surface area contributed by atoms with Gasteiger partial charge in [0.25, 0.3) is 0 Å². The van der Waals surface area contributed by atoms with Gasteiger partial charge in [-0.05, 0) is 98.8 Å². The molecule has 0 spiro atoms. The van der Waals surface area contributed by atoms with Gasteiger partial charge in [0.15, 0.2) is 6.20 Å².